The van der Waals surface area contributed by atoms with E-state index in [1.165, 1.54) is 32.4 Å². The Labute approximate surface area is 181 Å². The van der Waals surface area contributed by atoms with Crippen molar-refractivity contribution < 1.29 is 32.3 Å². The number of aryl methyl sites for hydroxylation is 2. The molecular formula is C21H24N2O7S. The summed E-state index contributed by atoms with van der Waals surface area (Å²) in [6, 6.07) is 9.20. The largest absolute Gasteiger partial charge is 0.465 e. The number of hydrogen-bond donors (Lipinski definition) is 1. The fourth-order valence-electron chi connectivity index (χ4n) is 3.06. The molecule has 1 N–H and O–H groups in total. The highest BCUT2D eigenvalue weighted by atomic mass is 32.2. The van der Waals surface area contributed by atoms with Crippen molar-refractivity contribution in [2.75, 3.05) is 36.6 Å². The first-order valence-corrected chi connectivity index (χ1v) is 11.0. The quantitative estimate of drug-likeness (QED) is 0.646. The van der Waals surface area contributed by atoms with Crippen LogP contribution in [0.1, 0.15) is 31.8 Å². The Kier molecular flexibility index (Phi) is 7.40. The van der Waals surface area contributed by atoms with Gasteiger partial charge >= 0.3 is 11.9 Å². The van der Waals surface area contributed by atoms with Gasteiger partial charge in [-0.15, -0.1) is 0 Å². The van der Waals surface area contributed by atoms with Crippen LogP contribution in [0.15, 0.2) is 36.4 Å². The van der Waals surface area contributed by atoms with Crippen LogP contribution in [0.25, 0.3) is 0 Å². The Morgan fingerprint density at radius 2 is 1.42 bits per heavy atom. The molecule has 9 nitrogen and oxygen atoms in total. The van der Waals surface area contributed by atoms with Crippen LogP contribution in [-0.2, 0) is 24.3 Å². The van der Waals surface area contributed by atoms with Gasteiger partial charge in [-0.2, -0.15) is 0 Å². The van der Waals surface area contributed by atoms with E-state index >= 15 is 0 Å². The van der Waals surface area contributed by atoms with Crippen LogP contribution in [-0.4, -0.2) is 53.3 Å². The number of benzene rings is 2. The second-order valence-electron chi connectivity index (χ2n) is 6.84. The molecule has 0 saturated heterocycles. The van der Waals surface area contributed by atoms with Gasteiger partial charge in [-0.3, -0.25) is 9.10 Å². The van der Waals surface area contributed by atoms with Crippen molar-refractivity contribution >= 4 is 39.2 Å². The normalized spacial score (nSPS) is 10.9. The van der Waals surface area contributed by atoms with Gasteiger partial charge in [0, 0.05) is 5.69 Å². The van der Waals surface area contributed by atoms with E-state index < -0.39 is 34.4 Å². The minimum Gasteiger partial charge on any atom is -0.465 e. The van der Waals surface area contributed by atoms with Gasteiger partial charge in [0.15, 0.2) is 0 Å². The van der Waals surface area contributed by atoms with E-state index in [1.54, 1.807) is 32.0 Å². The van der Waals surface area contributed by atoms with E-state index in [0.717, 1.165) is 10.6 Å². The minimum atomic E-state index is -3.78. The number of rotatable bonds is 7. The molecule has 0 aliphatic rings. The summed E-state index contributed by atoms with van der Waals surface area (Å²) >= 11 is 0. The SMILES string of the molecule is COC(=O)c1cc(NC(=O)CN(c2c(C)cccc2C)S(C)(=O)=O)cc(C(=O)OC)c1. The van der Waals surface area contributed by atoms with Crippen LogP contribution in [0, 0.1) is 13.8 Å². The molecule has 1 amide bonds. The third-order valence-electron chi connectivity index (χ3n) is 4.44. The minimum absolute atomic E-state index is 0.0235. The summed E-state index contributed by atoms with van der Waals surface area (Å²) < 4.78 is 35.2. The van der Waals surface area contributed by atoms with E-state index in [1.807, 2.05) is 0 Å². The van der Waals surface area contributed by atoms with Crippen LogP contribution in [0.2, 0.25) is 0 Å². The first-order valence-electron chi connectivity index (χ1n) is 9.13. The lowest BCUT2D eigenvalue weighted by Gasteiger charge is -2.25. The molecular weight excluding hydrogens is 424 g/mol. The summed E-state index contributed by atoms with van der Waals surface area (Å²) in [6.45, 7) is 3.00. The number of carbonyl (C=O) groups is 3. The number of nitrogens with zero attached hydrogens (tertiary/aromatic N) is 1. The van der Waals surface area contributed by atoms with Gasteiger partial charge in [0.1, 0.15) is 6.54 Å². The van der Waals surface area contributed by atoms with Crippen LogP contribution in [0.4, 0.5) is 11.4 Å². The predicted molar refractivity (Wildman–Crippen MR) is 116 cm³/mol. The monoisotopic (exact) mass is 448 g/mol. The smallest absolute Gasteiger partial charge is 0.337 e. The van der Waals surface area contributed by atoms with Gasteiger partial charge in [0.05, 0.1) is 37.3 Å². The Morgan fingerprint density at radius 1 is 0.935 bits per heavy atom. The summed E-state index contributed by atoms with van der Waals surface area (Å²) in [4.78, 5) is 36.5. The molecule has 0 saturated carbocycles. The van der Waals surface area contributed by atoms with Crippen LogP contribution < -0.4 is 9.62 Å². The molecule has 10 heteroatoms. The van der Waals surface area contributed by atoms with E-state index in [0.29, 0.717) is 16.8 Å². The van der Waals surface area contributed by atoms with E-state index in [4.69, 9.17) is 0 Å². The molecule has 2 aromatic rings. The number of carbonyl (C=O) groups excluding carboxylic acids is 3. The van der Waals surface area contributed by atoms with Crippen molar-refractivity contribution in [3.05, 3.63) is 58.7 Å². The Hall–Kier alpha value is -3.40. The second-order valence-corrected chi connectivity index (χ2v) is 8.75. The molecule has 2 aromatic carbocycles. The van der Waals surface area contributed by atoms with Crippen molar-refractivity contribution in [2.45, 2.75) is 13.8 Å². The molecule has 0 aliphatic carbocycles. The molecule has 0 aromatic heterocycles. The molecule has 0 atom stereocenters. The van der Waals surface area contributed by atoms with Crippen molar-refractivity contribution in [3.63, 3.8) is 0 Å². The Balaban J connectivity index is 2.39. The van der Waals surface area contributed by atoms with E-state index in [9.17, 15) is 22.8 Å². The number of methoxy groups -OCH3 is 2. The van der Waals surface area contributed by atoms with Crippen molar-refractivity contribution in [3.8, 4) is 0 Å². The first kappa shape index (κ1) is 23.9. The lowest BCUT2D eigenvalue weighted by atomic mass is 10.1. The van der Waals surface area contributed by atoms with E-state index in [-0.39, 0.29) is 16.8 Å². The van der Waals surface area contributed by atoms with Gasteiger partial charge in [-0.25, -0.2) is 18.0 Å². The number of anilines is 2. The van der Waals surface area contributed by atoms with Crippen LogP contribution in [0.3, 0.4) is 0 Å². The Bertz CT molecular complexity index is 1070. The zero-order valence-electron chi connectivity index (χ0n) is 17.9. The average Bonchev–Trinajstić information content (AvgIpc) is 2.70. The number of nitrogens with one attached hydrogen (secondary N) is 1. The average molecular weight is 448 g/mol. The third-order valence-corrected chi connectivity index (χ3v) is 5.55. The highest BCUT2D eigenvalue weighted by Gasteiger charge is 2.24. The molecule has 0 fully saturated rings. The molecule has 0 heterocycles. The van der Waals surface area contributed by atoms with Crippen LogP contribution >= 0.6 is 0 Å². The summed E-state index contributed by atoms with van der Waals surface area (Å²) in [6.07, 6.45) is 1.01. The van der Waals surface area contributed by atoms with Gasteiger partial charge in [0.2, 0.25) is 15.9 Å². The van der Waals surface area contributed by atoms with Gasteiger partial charge < -0.3 is 14.8 Å². The molecule has 0 spiro atoms. The van der Waals surface area contributed by atoms with Gasteiger partial charge in [-0.05, 0) is 43.2 Å². The van der Waals surface area contributed by atoms with Crippen molar-refractivity contribution in [1.29, 1.82) is 0 Å². The summed E-state index contributed by atoms with van der Waals surface area (Å²) in [7, 11) is -1.42. The Morgan fingerprint density at radius 3 is 1.84 bits per heavy atom. The number of ether oxygens (including phenoxy) is 2. The lowest BCUT2D eigenvalue weighted by Crippen LogP contribution is -2.38. The number of para-hydroxylation sites is 1. The third kappa shape index (κ3) is 5.82. The number of amides is 1. The van der Waals surface area contributed by atoms with E-state index in [2.05, 4.69) is 14.8 Å². The fraction of sp³-hybridized carbons (Fsp3) is 0.286. The zero-order chi connectivity index (χ0) is 23.3. The first-order chi connectivity index (χ1) is 14.5. The zero-order valence-corrected chi connectivity index (χ0v) is 18.7. The molecule has 0 radical (unpaired) electrons. The highest BCUT2D eigenvalue weighted by Crippen LogP contribution is 2.27. The van der Waals surface area contributed by atoms with Crippen molar-refractivity contribution in [1.82, 2.24) is 0 Å². The maximum atomic E-state index is 12.7. The summed E-state index contributed by atoms with van der Waals surface area (Å²) in [5, 5.41) is 2.53. The molecule has 166 valence electrons. The van der Waals surface area contributed by atoms with Gasteiger partial charge in [-0.1, -0.05) is 18.2 Å². The topological polar surface area (TPSA) is 119 Å². The number of sulfonamides is 1. The molecule has 2 rings (SSSR count). The lowest BCUT2D eigenvalue weighted by molar-refractivity contribution is -0.114. The maximum absolute atomic E-state index is 12.7. The van der Waals surface area contributed by atoms with Crippen molar-refractivity contribution in [2.24, 2.45) is 0 Å². The molecule has 0 bridgehead atoms. The summed E-state index contributed by atoms with van der Waals surface area (Å²) in [5.41, 5.74) is 1.96. The number of hydrogen-bond acceptors (Lipinski definition) is 7. The molecule has 0 unspecified atom stereocenters. The molecule has 0 aliphatic heterocycles. The summed E-state index contributed by atoms with van der Waals surface area (Å²) in [5.74, 6) is -2.09. The predicted octanol–water partition coefficient (Wildman–Crippen LogP) is 2.28. The van der Waals surface area contributed by atoms with Gasteiger partial charge in [0.25, 0.3) is 0 Å². The highest BCUT2D eigenvalue weighted by molar-refractivity contribution is 7.92. The molecule has 31 heavy (non-hydrogen) atoms. The fourth-order valence-corrected chi connectivity index (χ4v) is 4.03. The number of esters is 2. The maximum Gasteiger partial charge on any atom is 0.337 e. The second kappa shape index (κ2) is 9.61. The van der Waals surface area contributed by atoms with Crippen LogP contribution in [0.5, 0.6) is 0 Å². The standard InChI is InChI=1S/C21H24N2O7S/c1-13-7-6-8-14(2)19(13)23(31(5,27)28)12-18(24)22-17-10-15(20(25)29-3)9-16(11-17)21(26)30-4/h6-11H,12H2,1-5H3,(H,22,24).